The molecule has 0 saturated heterocycles. The van der Waals surface area contributed by atoms with E-state index in [-0.39, 0.29) is 0 Å². The van der Waals surface area contributed by atoms with Gasteiger partial charge in [0.25, 0.3) is 0 Å². The van der Waals surface area contributed by atoms with E-state index in [1.54, 1.807) is 0 Å². The molecule has 34 valence electrons. The summed E-state index contributed by atoms with van der Waals surface area (Å²) in [6.45, 7) is 0. The first-order valence-corrected chi connectivity index (χ1v) is 2.97. The molecule has 0 saturated carbocycles. The van der Waals surface area contributed by atoms with Gasteiger partial charge in [0.1, 0.15) is 0 Å². The maximum Gasteiger partial charge on any atom is 0.0254 e. The maximum atomic E-state index is 3.39. The molecule has 2 aliphatic rings. The second-order valence-electron chi connectivity index (χ2n) is 1.69. The lowest BCUT2D eigenvalue weighted by atomic mass is 10.6. The van der Waals surface area contributed by atoms with Crippen LogP contribution in [0.2, 0.25) is 0 Å². The predicted octanol–water partition coefficient (Wildman–Crippen LogP) is 2.43. The molecule has 0 N–H and O–H groups in total. The zero-order valence-electron chi connectivity index (χ0n) is 3.61. The molecule has 1 heteroatoms. The molecular weight excluding hydrogens is 152 g/mol. The molecule has 0 aromatic heterocycles. The third-order valence-electron chi connectivity index (χ3n) is 1.19. The molecule has 0 bridgehead atoms. The smallest absolute Gasteiger partial charge is 0.0254 e. The van der Waals surface area contributed by atoms with Gasteiger partial charge < -0.3 is 0 Å². The van der Waals surface area contributed by atoms with E-state index in [1.807, 2.05) is 0 Å². The van der Waals surface area contributed by atoms with Crippen LogP contribution in [0.4, 0.5) is 0 Å². The van der Waals surface area contributed by atoms with Gasteiger partial charge >= 0.3 is 0 Å². The standard InChI is InChI=1S/C6H3Br/c7-6-2-1-4-3-5(4)6/h1-3H. The molecule has 0 heterocycles. The lowest BCUT2D eigenvalue weighted by Gasteiger charge is -1.68. The molecule has 0 nitrogen and oxygen atoms in total. The molecule has 0 aromatic carbocycles. The average molecular weight is 155 g/mol. The molecule has 7 heavy (non-hydrogen) atoms. The molecule has 2 rings (SSSR count). The van der Waals surface area contributed by atoms with Gasteiger partial charge in [-0.05, 0) is 23.3 Å². The molecule has 0 atom stereocenters. The van der Waals surface area contributed by atoms with Crippen molar-refractivity contribution in [2.75, 3.05) is 0 Å². The van der Waals surface area contributed by atoms with Crippen molar-refractivity contribution in [3.05, 3.63) is 22.7 Å². The summed E-state index contributed by atoms with van der Waals surface area (Å²) in [7, 11) is 0. The molecule has 0 fully saturated rings. The van der Waals surface area contributed by atoms with E-state index >= 15 is 0 Å². The van der Waals surface area contributed by atoms with Gasteiger partial charge in [-0.1, -0.05) is 22.0 Å². The van der Waals surface area contributed by atoms with Crippen LogP contribution in [0.25, 0.3) is 11.1 Å². The number of rotatable bonds is 0. The summed E-state index contributed by atoms with van der Waals surface area (Å²) in [5, 5.41) is 0. The van der Waals surface area contributed by atoms with Crippen LogP contribution in [0.3, 0.4) is 0 Å². The van der Waals surface area contributed by atoms with Crippen LogP contribution in [-0.4, -0.2) is 0 Å². The van der Waals surface area contributed by atoms with E-state index in [0.29, 0.717) is 0 Å². The Morgan fingerprint density at radius 1 is 1.29 bits per heavy atom. The van der Waals surface area contributed by atoms with Crippen molar-refractivity contribution in [3.63, 3.8) is 0 Å². The van der Waals surface area contributed by atoms with Crippen molar-refractivity contribution in [2.45, 2.75) is 0 Å². The van der Waals surface area contributed by atoms with Gasteiger partial charge in [-0.3, -0.25) is 0 Å². The first-order valence-electron chi connectivity index (χ1n) is 2.18. The van der Waals surface area contributed by atoms with Crippen molar-refractivity contribution in [1.29, 1.82) is 0 Å². The third kappa shape index (κ3) is 0.361. The SMILES string of the molecule is Brc1ccc2cc1-2. The minimum absolute atomic E-state index is 1.24. The second-order valence-corrected chi connectivity index (χ2v) is 2.55. The van der Waals surface area contributed by atoms with Crippen molar-refractivity contribution >= 4 is 15.9 Å². The first-order chi connectivity index (χ1) is 3.38. The molecule has 0 amide bonds. The van der Waals surface area contributed by atoms with E-state index < -0.39 is 0 Å². The molecule has 0 unspecified atom stereocenters. The Labute approximate surface area is 50.3 Å². The van der Waals surface area contributed by atoms with Crippen LogP contribution in [0, 0.1) is 0 Å². The minimum atomic E-state index is 1.24. The van der Waals surface area contributed by atoms with Gasteiger partial charge in [-0.2, -0.15) is 0 Å². The Morgan fingerprint density at radius 3 is 2.29 bits per heavy atom. The lowest BCUT2D eigenvalue weighted by molar-refractivity contribution is 1.91. The minimum Gasteiger partial charge on any atom is -0.0532 e. The van der Waals surface area contributed by atoms with E-state index in [2.05, 4.69) is 34.1 Å². The van der Waals surface area contributed by atoms with Gasteiger partial charge in [-0.15, -0.1) is 0 Å². The molecule has 0 aromatic rings. The van der Waals surface area contributed by atoms with Crippen LogP contribution in [0.1, 0.15) is 0 Å². The van der Waals surface area contributed by atoms with Crippen molar-refractivity contribution in [1.82, 2.24) is 0 Å². The number of halogens is 1. The fraction of sp³-hybridized carbons (Fsp3) is 0. The summed E-state index contributed by atoms with van der Waals surface area (Å²) in [6, 6.07) is 6.34. The van der Waals surface area contributed by atoms with Crippen LogP contribution < -0.4 is 0 Å². The van der Waals surface area contributed by atoms with Crippen LogP contribution in [-0.2, 0) is 0 Å². The number of benzene rings is 1. The third-order valence-corrected chi connectivity index (χ3v) is 1.89. The molecular formula is C6H3Br. The van der Waals surface area contributed by atoms with E-state index in [4.69, 9.17) is 0 Å². The fourth-order valence-corrected chi connectivity index (χ4v) is 1.19. The summed E-state index contributed by atoms with van der Waals surface area (Å²) >= 11 is 3.39. The summed E-state index contributed by atoms with van der Waals surface area (Å²) in [5.41, 5.74) is 2.78. The van der Waals surface area contributed by atoms with Crippen LogP contribution >= 0.6 is 15.9 Å². The predicted molar refractivity (Wildman–Crippen MR) is 33.1 cm³/mol. The van der Waals surface area contributed by atoms with E-state index in [1.165, 1.54) is 15.6 Å². The quantitative estimate of drug-likeness (QED) is 0.547. The van der Waals surface area contributed by atoms with E-state index in [0.717, 1.165) is 0 Å². The molecule has 0 radical (unpaired) electrons. The van der Waals surface area contributed by atoms with Gasteiger partial charge in [0.15, 0.2) is 0 Å². The number of hydrogen-bond donors (Lipinski definition) is 0. The van der Waals surface area contributed by atoms with Gasteiger partial charge in [0.2, 0.25) is 0 Å². The topological polar surface area (TPSA) is 0 Å². The Balaban J connectivity index is 2.77. The Morgan fingerprint density at radius 2 is 2.14 bits per heavy atom. The molecule has 0 aliphatic heterocycles. The largest absolute Gasteiger partial charge is 0.0532 e. The fourth-order valence-electron chi connectivity index (χ4n) is 0.717. The van der Waals surface area contributed by atoms with Crippen molar-refractivity contribution < 1.29 is 0 Å². The molecule has 2 aliphatic carbocycles. The summed E-state index contributed by atoms with van der Waals surface area (Å²) < 4.78 is 1.24. The number of fused-ring (bicyclic) bond motifs is 1. The van der Waals surface area contributed by atoms with Gasteiger partial charge in [0, 0.05) is 4.47 Å². The zero-order chi connectivity index (χ0) is 4.85. The highest BCUT2D eigenvalue weighted by Crippen LogP contribution is 2.41. The molecule has 0 spiro atoms. The lowest BCUT2D eigenvalue weighted by Crippen LogP contribution is -1.39. The number of hydrogen-bond acceptors (Lipinski definition) is 0. The Bertz CT molecular complexity index is 215. The van der Waals surface area contributed by atoms with Gasteiger partial charge in [-0.25, -0.2) is 0 Å². The normalized spacial score (nSPS) is 11.6. The van der Waals surface area contributed by atoms with Gasteiger partial charge in [0.05, 0.1) is 0 Å². The monoisotopic (exact) mass is 154 g/mol. The zero-order valence-corrected chi connectivity index (χ0v) is 5.20. The van der Waals surface area contributed by atoms with E-state index in [9.17, 15) is 0 Å². The van der Waals surface area contributed by atoms with Crippen LogP contribution in [0.5, 0.6) is 0 Å². The summed E-state index contributed by atoms with van der Waals surface area (Å²) in [5.74, 6) is 0. The first kappa shape index (κ1) is 3.67. The van der Waals surface area contributed by atoms with Crippen molar-refractivity contribution in [2.24, 2.45) is 0 Å². The second kappa shape index (κ2) is 0.920. The Hall–Kier alpha value is -0.300. The summed E-state index contributed by atoms with van der Waals surface area (Å²) in [6.07, 6.45) is 0. The summed E-state index contributed by atoms with van der Waals surface area (Å²) in [4.78, 5) is 0. The maximum absolute atomic E-state index is 3.39. The Kier molecular flexibility index (Phi) is 0.482. The highest BCUT2D eigenvalue weighted by Gasteiger charge is 2.13. The average Bonchev–Trinajstić information content (AvgIpc) is 2.33. The highest BCUT2D eigenvalue weighted by molar-refractivity contribution is 9.10. The highest BCUT2D eigenvalue weighted by atomic mass is 79.9. The van der Waals surface area contributed by atoms with Crippen molar-refractivity contribution in [3.8, 4) is 11.1 Å². The van der Waals surface area contributed by atoms with Crippen LogP contribution in [0.15, 0.2) is 22.7 Å².